The van der Waals surface area contributed by atoms with Crippen LogP contribution in [0.1, 0.15) is 5.69 Å². The van der Waals surface area contributed by atoms with Gasteiger partial charge in [0.05, 0.1) is 19.3 Å². The third kappa shape index (κ3) is 0.712. The van der Waals surface area contributed by atoms with E-state index in [0.29, 0.717) is 0 Å². The standard InChI is InChI=1S/C5H8N4/c1-2-9-5(3-6-1)4-7-8-9/h4,6H,1-3H2/p+1. The normalized spacial score (nSPS) is 17.3. The number of hydrogen-bond donors (Lipinski definition) is 1. The van der Waals surface area contributed by atoms with Gasteiger partial charge in [-0.1, -0.05) is 5.21 Å². The topological polar surface area (TPSA) is 47.3 Å². The van der Waals surface area contributed by atoms with E-state index in [0.717, 1.165) is 19.6 Å². The fourth-order valence-corrected chi connectivity index (χ4v) is 1.09. The van der Waals surface area contributed by atoms with Gasteiger partial charge in [-0.05, 0) is 0 Å². The highest BCUT2D eigenvalue weighted by Gasteiger charge is 2.09. The molecule has 0 fully saturated rings. The molecule has 1 aromatic rings. The van der Waals surface area contributed by atoms with Gasteiger partial charge in [0.1, 0.15) is 12.2 Å². The third-order valence-corrected chi connectivity index (χ3v) is 1.60. The molecule has 0 aromatic carbocycles. The summed E-state index contributed by atoms with van der Waals surface area (Å²) in [6.07, 6.45) is 1.83. The highest BCUT2D eigenvalue weighted by atomic mass is 15.4. The first-order chi connectivity index (χ1) is 4.47. The van der Waals surface area contributed by atoms with Crippen LogP contribution in [0.4, 0.5) is 0 Å². The van der Waals surface area contributed by atoms with Gasteiger partial charge in [0.25, 0.3) is 0 Å². The highest BCUT2D eigenvalue weighted by molar-refractivity contribution is 4.91. The molecular formula is C5H9N4+. The van der Waals surface area contributed by atoms with Gasteiger partial charge in [-0.2, -0.15) is 0 Å². The van der Waals surface area contributed by atoms with E-state index in [-0.39, 0.29) is 0 Å². The predicted octanol–water partition coefficient (Wildman–Crippen LogP) is -1.64. The lowest BCUT2D eigenvalue weighted by Crippen LogP contribution is -2.85. The molecule has 0 saturated carbocycles. The van der Waals surface area contributed by atoms with Crippen LogP contribution in [0, 0.1) is 0 Å². The number of aromatic nitrogens is 3. The molecule has 9 heavy (non-hydrogen) atoms. The molecule has 1 aromatic heterocycles. The largest absolute Gasteiger partial charge is 0.340 e. The average molecular weight is 125 g/mol. The Kier molecular flexibility index (Phi) is 0.989. The van der Waals surface area contributed by atoms with Gasteiger partial charge in [-0.25, -0.2) is 4.68 Å². The highest BCUT2D eigenvalue weighted by Crippen LogP contribution is 1.94. The van der Waals surface area contributed by atoms with E-state index in [1.807, 2.05) is 10.9 Å². The van der Waals surface area contributed by atoms with Crippen LogP contribution in [-0.2, 0) is 13.1 Å². The molecule has 0 spiro atoms. The first-order valence-electron chi connectivity index (χ1n) is 3.16. The molecule has 48 valence electrons. The number of quaternary nitrogens is 1. The molecule has 2 rings (SSSR count). The molecule has 4 nitrogen and oxygen atoms in total. The van der Waals surface area contributed by atoms with E-state index < -0.39 is 0 Å². The minimum Gasteiger partial charge on any atom is -0.340 e. The number of fused-ring (bicyclic) bond motifs is 1. The summed E-state index contributed by atoms with van der Waals surface area (Å²) in [5, 5.41) is 9.96. The van der Waals surface area contributed by atoms with Gasteiger partial charge in [-0.3, -0.25) is 0 Å². The van der Waals surface area contributed by atoms with Crippen molar-refractivity contribution < 1.29 is 5.32 Å². The Labute approximate surface area is 52.9 Å². The van der Waals surface area contributed by atoms with Crippen molar-refractivity contribution in [2.45, 2.75) is 13.1 Å². The van der Waals surface area contributed by atoms with Crippen LogP contribution < -0.4 is 5.32 Å². The lowest BCUT2D eigenvalue weighted by atomic mass is 10.4. The number of nitrogens with two attached hydrogens (primary N) is 1. The molecule has 0 saturated heterocycles. The van der Waals surface area contributed by atoms with Crippen molar-refractivity contribution in [3.8, 4) is 0 Å². The molecule has 2 N–H and O–H groups in total. The summed E-state index contributed by atoms with van der Waals surface area (Å²) in [5.74, 6) is 0. The Morgan fingerprint density at radius 3 is 3.56 bits per heavy atom. The molecule has 0 unspecified atom stereocenters. The van der Waals surface area contributed by atoms with Crippen LogP contribution in [0.15, 0.2) is 6.20 Å². The number of hydrogen-bond acceptors (Lipinski definition) is 2. The lowest BCUT2D eigenvalue weighted by molar-refractivity contribution is -0.677. The van der Waals surface area contributed by atoms with E-state index in [1.165, 1.54) is 5.69 Å². The first kappa shape index (κ1) is 4.93. The first-order valence-corrected chi connectivity index (χ1v) is 3.16. The molecule has 4 heteroatoms. The predicted molar refractivity (Wildman–Crippen MR) is 30.5 cm³/mol. The van der Waals surface area contributed by atoms with Crippen molar-refractivity contribution in [1.82, 2.24) is 15.0 Å². The molecule has 1 aliphatic heterocycles. The minimum absolute atomic E-state index is 1.01. The van der Waals surface area contributed by atoms with Crippen LogP contribution in [0.3, 0.4) is 0 Å². The van der Waals surface area contributed by atoms with Crippen LogP contribution in [0.25, 0.3) is 0 Å². The van der Waals surface area contributed by atoms with Gasteiger partial charge >= 0.3 is 0 Å². The van der Waals surface area contributed by atoms with Crippen molar-refractivity contribution in [2.24, 2.45) is 0 Å². The zero-order valence-corrected chi connectivity index (χ0v) is 5.12. The number of rotatable bonds is 0. The Bertz CT molecular complexity index is 184. The Balaban J connectivity index is 2.39. The lowest BCUT2D eigenvalue weighted by Gasteiger charge is -2.09. The van der Waals surface area contributed by atoms with Crippen LogP contribution >= 0.6 is 0 Å². The van der Waals surface area contributed by atoms with Crippen molar-refractivity contribution in [1.29, 1.82) is 0 Å². The monoisotopic (exact) mass is 125 g/mol. The van der Waals surface area contributed by atoms with E-state index in [9.17, 15) is 0 Å². The zero-order chi connectivity index (χ0) is 6.10. The molecule has 0 amide bonds. The summed E-state index contributed by atoms with van der Waals surface area (Å²) < 4.78 is 1.96. The maximum atomic E-state index is 3.90. The van der Waals surface area contributed by atoms with Crippen molar-refractivity contribution in [3.63, 3.8) is 0 Å². The van der Waals surface area contributed by atoms with Crippen LogP contribution in [0.2, 0.25) is 0 Å². The SMILES string of the molecule is c1nnn2c1C[NH2+]CC2. The van der Waals surface area contributed by atoms with Gasteiger partial charge in [0, 0.05) is 0 Å². The Morgan fingerprint density at radius 1 is 1.67 bits per heavy atom. The molecule has 0 atom stereocenters. The van der Waals surface area contributed by atoms with Crippen molar-refractivity contribution >= 4 is 0 Å². The quantitative estimate of drug-likeness (QED) is 0.452. The van der Waals surface area contributed by atoms with Crippen LogP contribution in [0.5, 0.6) is 0 Å². The van der Waals surface area contributed by atoms with Crippen molar-refractivity contribution in [3.05, 3.63) is 11.9 Å². The van der Waals surface area contributed by atoms with E-state index in [4.69, 9.17) is 0 Å². The molecule has 0 aliphatic carbocycles. The van der Waals surface area contributed by atoms with E-state index in [2.05, 4.69) is 15.6 Å². The second kappa shape index (κ2) is 1.80. The molecular weight excluding hydrogens is 116 g/mol. The second-order valence-electron chi connectivity index (χ2n) is 2.23. The third-order valence-electron chi connectivity index (χ3n) is 1.60. The Hall–Kier alpha value is -0.900. The molecule has 1 aliphatic rings. The summed E-state index contributed by atoms with van der Waals surface area (Å²) >= 11 is 0. The van der Waals surface area contributed by atoms with Gasteiger partial charge < -0.3 is 5.32 Å². The maximum Gasteiger partial charge on any atom is 0.120 e. The summed E-state index contributed by atoms with van der Waals surface area (Å²) in [7, 11) is 0. The van der Waals surface area contributed by atoms with Crippen LogP contribution in [-0.4, -0.2) is 21.5 Å². The van der Waals surface area contributed by atoms with Crippen molar-refractivity contribution in [2.75, 3.05) is 6.54 Å². The van der Waals surface area contributed by atoms with Gasteiger partial charge in [-0.15, -0.1) is 5.10 Å². The number of nitrogens with zero attached hydrogens (tertiary/aromatic N) is 3. The fourth-order valence-electron chi connectivity index (χ4n) is 1.09. The second-order valence-corrected chi connectivity index (χ2v) is 2.23. The van der Waals surface area contributed by atoms with E-state index >= 15 is 0 Å². The zero-order valence-electron chi connectivity index (χ0n) is 5.12. The summed E-state index contributed by atoms with van der Waals surface area (Å²) in [6, 6.07) is 0. The fraction of sp³-hybridized carbons (Fsp3) is 0.600. The maximum absolute atomic E-state index is 3.90. The van der Waals surface area contributed by atoms with Gasteiger partial charge in [0.2, 0.25) is 0 Å². The smallest absolute Gasteiger partial charge is 0.120 e. The van der Waals surface area contributed by atoms with Gasteiger partial charge in [0.15, 0.2) is 0 Å². The Morgan fingerprint density at radius 2 is 2.67 bits per heavy atom. The van der Waals surface area contributed by atoms with E-state index in [1.54, 1.807) is 0 Å². The molecule has 0 bridgehead atoms. The molecule has 0 radical (unpaired) electrons. The summed E-state index contributed by atoms with van der Waals surface area (Å²) in [5.41, 5.74) is 1.24. The minimum atomic E-state index is 1.01. The summed E-state index contributed by atoms with van der Waals surface area (Å²) in [6.45, 7) is 3.18. The average Bonchev–Trinajstić information content (AvgIpc) is 2.33. The molecule has 2 heterocycles. The summed E-state index contributed by atoms with van der Waals surface area (Å²) in [4.78, 5) is 0.